The van der Waals surface area contributed by atoms with Gasteiger partial charge in [0.1, 0.15) is 0 Å². The molecule has 46 heavy (non-hydrogen) atoms. The van der Waals surface area contributed by atoms with Crippen molar-refractivity contribution in [2.24, 2.45) is 5.92 Å². The van der Waals surface area contributed by atoms with Crippen LogP contribution in [0.2, 0.25) is 0 Å². The molecule has 0 bridgehead atoms. The van der Waals surface area contributed by atoms with Gasteiger partial charge < -0.3 is 15.3 Å². The summed E-state index contributed by atoms with van der Waals surface area (Å²) in [5.41, 5.74) is 13.0. The smallest absolute Gasteiger partial charge is 0.0812 e. The van der Waals surface area contributed by atoms with Crippen LogP contribution in [0.4, 0.5) is 0 Å². The van der Waals surface area contributed by atoms with Gasteiger partial charge in [-0.3, -0.25) is 0 Å². The summed E-state index contributed by atoms with van der Waals surface area (Å²) in [5, 5.41) is 28.5. The Morgan fingerprint density at radius 2 is 1.02 bits per heavy atom. The van der Waals surface area contributed by atoms with E-state index in [2.05, 4.69) is 104 Å². The van der Waals surface area contributed by atoms with E-state index in [0.29, 0.717) is 0 Å². The quantitative estimate of drug-likeness (QED) is 0.167. The molecule has 3 nitrogen and oxygen atoms in total. The Balaban J connectivity index is 0.000000513. The number of aliphatic hydroxyl groups excluding tert-OH is 3. The van der Waals surface area contributed by atoms with Crippen LogP contribution in [0.5, 0.6) is 0 Å². The van der Waals surface area contributed by atoms with Crippen LogP contribution in [0.3, 0.4) is 0 Å². The molecule has 0 aromatic heterocycles. The molecular weight excluding hydrogens is 583 g/mol. The van der Waals surface area contributed by atoms with Crippen molar-refractivity contribution in [1.82, 2.24) is 0 Å². The van der Waals surface area contributed by atoms with Crippen molar-refractivity contribution < 1.29 is 15.3 Å². The molecule has 4 aromatic carbocycles. The first-order valence-electron chi connectivity index (χ1n) is 16.8. The lowest BCUT2D eigenvalue weighted by Gasteiger charge is -2.24. The molecule has 0 amide bonds. The van der Waals surface area contributed by atoms with Crippen molar-refractivity contribution in [2.75, 3.05) is 6.61 Å². The molecule has 0 spiro atoms. The Bertz CT molecular complexity index is 1390. The zero-order valence-electron chi connectivity index (χ0n) is 30.5. The van der Waals surface area contributed by atoms with Crippen LogP contribution in [0.1, 0.15) is 103 Å². The number of aliphatic hydroxyl groups is 3. The van der Waals surface area contributed by atoms with Gasteiger partial charge in [0.25, 0.3) is 0 Å². The minimum absolute atomic E-state index is 0.115. The third kappa shape index (κ3) is 13.1. The standard InChI is InChI=1S/C27H33OP.C10H14O.C3H8.C2H6O/c1-18-12-19(2)26(20(3)13-18)16-29(24-10-8-7-9-11-24)17-27-22(5)14-21(4)25(15-28)23(27)6;1-8(2)10(11)9-6-4-3-5-7-9;1-3-2;1-2-3/h7-14,28H,15-17H2,1-6H3;3-8,10-11H,1-2H3;3H2,1-2H3;3H,2H2,1H3. The summed E-state index contributed by atoms with van der Waals surface area (Å²) in [6, 6.07) is 27.6. The minimum Gasteiger partial charge on any atom is -0.397 e. The second-order valence-electron chi connectivity index (χ2n) is 12.4. The average Bonchev–Trinajstić information content (AvgIpc) is 3.01. The van der Waals surface area contributed by atoms with Crippen LogP contribution in [0, 0.1) is 47.5 Å². The SMILES string of the molecule is CC(C)C(O)c1ccccc1.CCC.CCO.Cc1cc(C)c(CP(Cc2c(C)cc(C)c(CO)c2C)c2ccccc2)c(C)c1. The molecule has 4 heteroatoms. The molecule has 0 aliphatic heterocycles. The molecular formula is C42H61O3P. The predicted octanol–water partition coefficient (Wildman–Crippen LogP) is 10.3. The Morgan fingerprint density at radius 1 is 0.609 bits per heavy atom. The van der Waals surface area contributed by atoms with Gasteiger partial charge in [0.15, 0.2) is 0 Å². The van der Waals surface area contributed by atoms with Crippen LogP contribution < -0.4 is 5.30 Å². The van der Waals surface area contributed by atoms with Gasteiger partial charge in [0.05, 0.1) is 12.7 Å². The maximum atomic E-state index is 9.91. The first-order chi connectivity index (χ1) is 21.9. The molecule has 252 valence electrons. The van der Waals surface area contributed by atoms with Crippen molar-refractivity contribution in [3.05, 3.63) is 134 Å². The molecule has 0 fully saturated rings. The first-order valence-corrected chi connectivity index (χ1v) is 18.5. The predicted molar refractivity (Wildman–Crippen MR) is 203 cm³/mol. The maximum absolute atomic E-state index is 9.91. The van der Waals surface area contributed by atoms with Crippen molar-refractivity contribution in [2.45, 2.75) is 108 Å². The number of hydrogen-bond acceptors (Lipinski definition) is 3. The highest BCUT2D eigenvalue weighted by atomic mass is 31.1. The van der Waals surface area contributed by atoms with Crippen molar-refractivity contribution in [1.29, 1.82) is 0 Å². The van der Waals surface area contributed by atoms with E-state index >= 15 is 0 Å². The lowest BCUT2D eigenvalue weighted by Crippen LogP contribution is -2.09. The monoisotopic (exact) mass is 644 g/mol. The van der Waals surface area contributed by atoms with Gasteiger partial charge in [-0.25, -0.2) is 0 Å². The molecule has 0 heterocycles. The number of benzene rings is 4. The fourth-order valence-corrected chi connectivity index (χ4v) is 8.33. The zero-order valence-corrected chi connectivity index (χ0v) is 31.4. The van der Waals surface area contributed by atoms with Gasteiger partial charge in [0.2, 0.25) is 0 Å². The topological polar surface area (TPSA) is 60.7 Å². The van der Waals surface area contributed by atoms with Crippen LogP contribution >= 0.6 is 7.92 Å². The normalized spacial score (nSPS) is 11.7. The van der Waals surface area contributed by atoms with Gasteiger partial charge in [0, 0.05) is 6.61 Å². The summed E-state index contributed by atoms with van der Waals surface area (Å²) in [4.78, 5) is 0. The number of aryl methyl sites for hydroxylation is 5. The van der Waals surface area contributed by atoms with Gasteiger partial charge in [-0.1, -0.05) is 126 Å². The lowest BCUT2D eigenvalue weighted by atomic mass is 9.95. The zero-order chi connectivity index (χ0) is 34.8. The van der Waals surface area contributed by atoms with Gasteiger partial charge in [-0.05, 0) is 122 Å². The van der Waals surface area contributed by atoms with E-state index in [9.17, 15) is 10.2 Å². The van der Waals surface area contributed by atoms with Gasteiger partial charge >= 0.3 is 0 Å². The molecule has 4 rings (SSSR count). The van der Waals surface area contributed by atoms with E-state index in [-0.39, 0.29) is 25.2 Å². The molecule has 0 aliphatic rings. The molecule has 2 unspecified atom stereocenters. The largest absolute Gasteiger partial charge is 0.397 e. The minimum atomic E-state index is -0.391. The van der Waals surface area contributed by atoms with Crippen LogP contribution in [-0.4, -0.2) is 21.9 Å². The summed E-state index contributed by atoms with van der Waals surface area (Å²) < 4.78 is 0. The molecule has 3 N–H and O–H groups in total. The van der Waals surface area contributed by atoms with Crippen molar-refractivity contribution in [3.8, 4) is 0 Å². The Hall–Kier alpha value is -2.81. The number of hydrogen-bond donors (Lipinski definition) is 3. The van der Waals surface area contributed by atoms with E-state index in [1.54, 1.807) is 6.92 Å². The van der Waals surface area contributed by atoms with Crippen LogP contribution in [-0.2, 0) is 18.9 Å². The summed E-state index contributed by atoms with van der Waals surface area (Å²) in [6.45, 7) is 23.5. The summed E-state index contributed by atoms with van der Waals surface area (Å²) in [6.07, 6.45) is 3.08. The fourth-order valence-electron chi connectivity index (χ4n) is 5.51. The Morgan fingerprint density at radius 3 is 1.48 bits per heavy atom. The lowest BCUT2D eigenvalue weighted by molar-refractivity contribution is 0.127. The Labute approximate surface area is 282 Å². The van der Waals surface area contributed by atoms with E-state index in [1.165, 1.54) is 56.2 Å². The molecule has 0 radical (unpaired) electrons. The second kappa shape index (κ2) is 21.9. The van der Waals surface area contributed by atoms with Crippen LogP contribution in [0.15, 0.2) is 78.9 Å². The Kier molecular flexibility index (Phi) is 19.6. The maximum Gasteiger partial charge on any atom is 0.0812 e. The van der Waals surface area contributed by atoms with Crippen LogP contribution in [0.25, 0.3) is 0 Å². The van der Waals surface area contributed by atoms with E-state index in [1.807, 2.05) is 44.2 Å². The highest BCUT2D eigenvalue weighted by molar-refractivity contribution is 7.64. The highest BCUT2D eigenvalue weighted by Gasteiger charge is 2.19. The first kappa shape index (κ1) is 41.2. The highest BCUT2D eigenvalue weighted by Crippen LogP contribution is 2.45. The summed E-state index contributed by atoms with van der Waals surface area (Å²) in [7, 11) is -0.391. The van der Waals surface area contributed by atoms with Crippen molar-refractivity contribution >= 4 is 13.2 Å². The molecule has 0 saturated heterocycles. The molecule has 0 saturated carbocycles. The van der Waals surface area contributed by atoms with Gasteiger partial charge in [-0.15, -0.1) is 0 Å². The average molecular weight is 645 g/mol. The summed E-state index contributed by atoms with van der Waals surface area (Å²) in [5.74, 6) is 0.289. The van der Waals surface area contributed by atoms with Gasteiger partial charge in [-0.2, -0.15) is 0 Å². The molecule has 0 aliphatic carbocycles. The second-order valence-corrected chi connectivity index (χ2v) is 14.7. The molecule has 4 aromatic rings. The summed E-state index contributed by atoms with van der Waals surface area (Å²) >= 11 is 0. The third-order valence-electron chi connectivity index (χ3n) is 7.88. The third-order valence-corrected chi connectivity index (χ3v) is 10.3. The van der Waals surface area contributed by atoms with Crippen molar-refractivity contribution in [3.63, 3.8) is 0 Å². The molecule has 2 atom stereocenters. The van der Waals surface area contributed by atoms with E-state index in [4.69, 9.17) is 5.11 Å². The number of rotatable bonds is 8. The fraction of sp³-hybridized carbons (Fsp3) is 0.429. The van der Waals surface area contributed by atoms with E-state index < -0.39 is 7.92 Å². The van der Waals surface area contributed by atoms with E-state index in [0.717, 1.165) is 23.5 Å².